The summed E-state index contributed by atoms with van der Waals surface area (Å²) in [4.78, 5) is 14.5. The molecule has 0 heterocycles. The number of hydrogen-bond acceptors (Lipinski definition) is 1. The van der Waals surface area contributed by atoms with E-state index in [4.69, 9.17) is 0 Å². The van der Waals surface area contributed by atoms with Crippen molar-refractivity contribution in [1.29, 1.82) is 0 Å². The average molecular weight is 379 g/mol. The largest absolute Gasteiger partial charge is 0.298 e. The number of hydrogen-bond donors (Lipinski definition) is 0. The summed E-state index contributed by atoms with van der Waals surface area (Å²) >= 11 is 0. The number of rotatable bonds is 6. The molecule has 4 aliphatic carbocycles. The van der Waals surface area contributed by atoms with Crippen LogP contribution in [0, 0.1) is 34.5 Å². The Labute approximate surface area is 172 Å². The SMILES string of the molecule is CC(C)=CC=CC1(C(=O)C2(C=CC=C(C)C)CC3CCC2C3)CC2CCC1C2. The lowest BCUT2D eigenvalue weighted by Gasteiger charge is -2.44. The predicted molar refractivity (Wildman–Crippen MR) is 118 cm³/mol. The van der Waals surface area contributed by atoms with Crippen LogP contribution in [0.5, 0.6) is 0 Å². The molecule has 4 fully saturated rings. The van der Waals surface area contributed by atoms with Crippen molar-refractivity contribution < 1.29 is 4.79 Å². The van der Waals surface area contributed by atoms with Gasteiger partial charge in [-0.05, 0) is 89.9 Å². The maximum atomic E-state index is 14.5. The number of fused-ring (bicyclic) bond motifs is 4. The third-order valence-electron chi connectivity index (χ3n) is 8.28. The van der Waals surface area contributed by atoms with E-state index in [1.54, 1.807) is 0 Å². The number of Topliss-reactive ketones (excluding diaryl/α,β-unsaturated/α-hetero) is 1. The van der Waals surface area contributed by atoms with Crippen LogP contribution in [0.25, 0.3) is 0 Å². The zero-order valence-electron chi connectivity index (χ0n) is 18.3. The second-order valence-corrected chi connectivity index (χ2v) is 10.8. The molecule has 0 aromatic rings. The summed E-state index contributed by atoms with van der Waals surface area (Å²) in [6.07, 6.45) is 23.4. The second-order valence-electron chi connectivity index (χ2n) is 10.8. The van der Waals surface area contributed by atoms with Gasteiger partial charge < -0.3 is 0 Å². The summed E-state index contributed by atoms with van der Waals surface area (Å²) in [6, 6.07) is 0. The van der Waals surface area contributed by atoms with Crippen molar-refractivity contribution in [3.8, 4) is 0 Å². The predicted octanol–water partition coefficient (Wildman–Crippen LogP) is 7.21. The Kier molecular flexibility index (Phi) is 5.31. The van der Waals surface area contributed by atoms with Gasteiger partial charge in [0.25, 0.3) is 0 Å². The van der Waals surface area contributed by atoms with Crippen molar-refractivity contribution in [3.05, 3.63) is 47.6 Å². The fourth-order valence-corrected chi connectivity index (χ4v) is 7.12. The fourth-order valence-electron chi connectivity index (χ4n) is 7.12. The van der Waals surface area contributed by atoms with Crippen LogP contribution in [0.2, 0.25) is 0 Å². The fraction of sp³-hybridized carbons (Fsp3) is 0.667. The lowest BCUT2D eigenvalue weighted by atomic mass is 9.58. The van der Waals surface area contributed by atoms with Gasteiger partial charge in [0.05, 0.1) is 10.8 Å². The Balaban J connectivity index is 1.73. The van der Waals surface area contributed by atoms with E-state index in [2.05, 4.69) is 64.2 Å². The molecule has 0 amide bonds. The molecule has 6 atom stereocenters. The van der Waals surface area contributed by atoms with E-state index in [0.717, 1.165) is 24.7 Å². The van der Waals surface area contributed by atoms with Crippen molar-refractivity contribution in [2.45, 2.75) is 79.1 Å². The van der Waals surface area contributed by atoms with E-state index in [9.17, 15) is 4.79 Å². The monoisotopic (exact) mass is 378 g/mol. The third kappa shape index (κ3) is 3.29. The number of allylic oxidation sites excluding steroid dienone is 8. The van der Waals surface area contributed by atoms with Crippen LogP contribution in [0.3, 0.4) is 0 Å². The summed E-state index contributed by atoms with van der Waals surface area (Å²) in [7, 11) is 0. The quantitative estimate of drug-likeness (QED) is 0.446. The van der Waals surface area contributed by atoms with Crippen molar-refractivity contribution in [3.63, 3.8) is 0 Å². The first-order valence-corrected chi connectivity index (χ1v) is 11.6. The van der Waals surface area contributed by atoms with Gasteiger partial charge in [0.1, 0.15) is 0 Å². The normalized spacial score (nSPS) is 41.3. The van der Waals surface area contributed by atoms with Crippen LogP contribution in [-0.4, -0.2) is 5.78 Å². The Morgan fingerprint density at radius 2 is 1.14 bits per heavy atom. The van der Waals surface area contributed by atoms with Gasteiger partial charge in [0, 0.05) is 0 Å². The Morgan fingerprint density at radius 3 is 1.43 bits per heavy atom. The first-order chi connectivity index (χ1) is 13.4. The van der Waals surface area contributed by atoms with Crippen LogP contribution in [0.1, 0.15) is 79.1 Å². The molecule has 1 heteroatoms. The minimum Gasteiger partial charge on any atom is -0.298 e. The van der Waals surface area contributed by atoms with Gasteiger partial charge in [-0.3, -0.25) is 4.79 Å². The molecule has 6 unspecified atom stereocenters. The minimum absolute atomic E-state index is 0.214. The van der Waals surface area contributed by atoms with Gasteiger partial charge >= 0.3 is 0 Å². The summed E-state index contributed by atoms with van der Waals surface area (Å²) < 4.78 is 0. The summed E-state index contributed by atoms with van der Waals surface area (Å²) in [5, 5.41) is 0. The van der Waals surface area contributed by atoms with Crippen molar-refractivity contribution in [1.82, 2.24) is 0 Å². The van der Waals surface area contributed by atoms with Gasteiger partial charge in [-0.2, -0.15) is 0 Å². The highest BCUT2D eigenvalue weighted by Crippen LogP contribution is 2.65. The first-order valence-electron chi connectivity index (χ1n) is 11.6. The molecule has 0 N–H and O–H groups in total. The zero-order valence-corrected chi connectivity index (χ0v) is 18.3. The van der Waals surface area contributed by atoms with Gasteiger partial charge in [0.15, 0.2) is 5.78 Å². The van der Waals surface area contributed by atoms with E-state index >= 15 is 0 Å². The summed E-state index contributed by atoms with van der Waals surface area (Å²) in [5.74, 6) is 3.25. The molecule has 1 nitrogen and oxygen atoms in total. The molecule has 4 rings (SSSR count). The number of carbonyl (C=O) groups is 1. The van der Waals surface area contributed by atoms with Crippen molar-refractivity contribution in [2.24, 2.45) is 34.5 Å². The molecule has 28 heavy (non-hydrogen) atoms. The molecule has 4 saturated carbocycles. The highest BCUT2D eigenvalue weighted by atomic mass is 16.1. The Morgan fingerprint density at radius 1 is 0.714 bits per heavy atom. The molecular weight excluding hydrogens is 340 g/mol. The Bertz CT molecular complexity index is 680. The van der Waals surface area contributed by atoms with Gasteiger partial charge in [-0.15, -0.1) is 0 Å². The molecule has 0 spiro atoms. The first kappa shape index (κ1) is 19.9. The van der Waals surface area contributed by atoms with Gasteiger partial charge in [-0.25, -0.2) is 0 Å². The summed E-state index contributed by atoms with van der Waals surface area (Å²) in [6.45, 7) is 8.55. The van der Waals surface area contributed by atoms with Crippen molar-refractivity contribution in [2.75, 3.05) is 0 Å². The van der Waals surface area contributed by atoms with Crippen molar-refractivity contribution >= 4 is 5.78 Å². The smallest absolute Gasteiger partial charge is 0.153 e. The maximum Gasteiger partial charge on any atom is 0.153 e. The average Bonchev–Trinajstić information content (AvgIpc) is 3.41. The molecule has 152 valence electrons. The van der Waals surface area contributed by atoms with E-state index in [-0.39, 0.29) is 10.8 Å². The van der Waals surface area contributed by atoms with Crippen LogP contribution < -0.4 is 0 Å². The molecule has 0 saturated heterocycles. The van der Waals surface area contributed by atoms with Crippen LogP contribution in [-0.2, 0) is 4.79 Å². The molecule has 0 radical (unpaired) electrons. The third-order valence-corrected chi connectivity index (χ3v) is 8.28. The van der Waals surface area contributed by atoms with Crippen LogP contribution in [0.15, 0.2) is 47.6 Å². The molecule has 0 aliphatic heterocycles. The highest BCUT2D eigenvalue weighted by molar-refractivity contribution is 5.95. The zero-order chi connectivity index (χ0) is 19.9. The Hall–Kier alpha value is -1.37. The standard InChI is InChI=1S/C27H38O/c1-19(2)7-5-13-26(17-21-9-11-23(26)15-21)25(28)27(14-6-8-20(3)4)18-22-10-12-24(27)16-22/h5-8,13-14,21-24H,9-12,15-18H2,1-4H3. The lowest BCUT2D eigenvalue weighted by Crippen LogP contribution is -2.47. The van der Waals surface area contributed by atoms with E-state index in [0.29, 0.717) is 17.6 Å². The second kappa shape index (κ2) is 7.47. The number of ketones is 1. The summed E-state index contributed by atoms with van der Waals surface area (Å²) in [5.41, 5.74) is 2.18. The van der Waals surface area contributed by atoms with E-state index < -0.39 is 0 Å². The maximum absolute atomic E-state index is 14.5. The molecule has 0 aromatic carbocycles. The number of carbonyl (C=O) groups excluding carboxylic acids is 1. The van der Waals surface area contributed by atoms with Gasteiger partial charge in [0.2, 0.25) is 0 Å². The van der Waals surface area contributed by atoms with Gasteiger partial charge in [-0.1, -0.05) is 60.4 Å². The highest BCUT2D eigenvalue weighted by Gasteiger charge is 2.62. The lowest BCUT2D eigenvalue weighted by molar-refractivity contribution is -0.139. The minimum atomic E-state index is -0.214. The van der Waals surface area contributed by atoms with Crippen LogP contribution in [0.4, 0.5) is 0 Å². The van der Waals surface area contributed by atoms with Crippen LogP contribution >= 0.6 is 0 Å². The van der Waals surface area contributed by atoms with E-state index in [1.807, 2.05) is 0 Å². The molecule has 4 aliphatic rings. The van der Waals surface area contributed by atoms with E-state index in [1.165, 1.54) is 49.7 Å². The topological polar surface area (TPSA) is 17.1 Å². The molecular formula is C27H38O. The molecule has 4 bridgehead atoms. The molecule has 0 aromatic heterocycles.